The van der Waals surface area contributed by atoms with E-state index in [1.807, 2.05) is 0 Å². The maximum Gasteiger partial charge on any atom is 0.233 e. The zero-order valence-corrected chi connectivity index (χ0v) is 10.9. The van der Waals surface area contributed by atoms with Crippen LogP contribution in [0.25, 0.3) is 0 Å². The van der Waals surface area contributed by atoms with E-state index in [9.17, 15) is 0 Å². The molecule has 0 amide bonds. The number of methoxy groups -OCH3 is 1. The van der Waals surface area contributed by atoms with Crippen molar-refractivity contribution in [3.05, 3.63) is 12.4 Å². The molecule has 0 saturated heterocycles. The Bertz CT molecular complexity index is 357. The molecule has 5 heteroatoms. The smallest absolute Gasteiger partial charge is 0.233 e. The van der Waals surface area contributed by atoms with Gasteiger partial charge in [-0.2, -0.15) is 4.98 Å². The van der Waals surface area contributed by atoms with Gasteiger partial charge in [-0.05, 0) is 25.7 Å². The van der Waals surface area contributed by atoms with Crippen molar-refractivity contribution in [2.75, 3.05) is 24.4 Å². The van der Waals surface area contributed by atoms with E-state index >= 15 is 0 Å². The normalized spacial score (nSPS) is 15.4. The number of nitrogens with zero attached hydrogens (tertiary/aromatic N) is 3. The molecule has 0 aliphatic heterocycles. The Balaban J connectivity index is 2.11. The van der Waals surface area contributed by atoms with Crippen molar-refractivity contribution in [2.45, 2.75) is 31.7 Å². The average molecular weight is 256 g/mol. The average Bonchev–Trinajstić information content (AvgIpc) is 2.32. The summed E-state index contributed by atoms with van der Waals surface area (Å²) in [5.41, 5.74) is 0. The van der Waals surface area contributed by atoms with Crippen molar-refractivity contribution in [3.8, 4) is 5.88 Å². The number of aromatic nitrogens is 2. The molecule has 4 nitrogen and oxygen atoms in total. The van der Waals surface area contributed by atoms with Crippen LogP contribution in [-0.2, 0) is 0 Å². The molecule has 1 heterocycles. The van der Waals surface area contributed by atoms with Crippen LogP contribution in [0.5, 0.6) is 5.88 Å². The van der Waals surface area contributed by atoms with Crippen LogP contribution in [0, 0.1) is 0 Å². The van der Waals surface area contributed by atoms with Gasteiger partial charge in [-0.3, -0.25) is 4.98 Å². The maximum atomic E-state index is 5.77. The molecular weight excluding hydrogens is 238 g/mol. The van der Waals surface area contributed by atoms with Crippen LogP contribution in [0.3, 0.4) is 0 Å². The van der Waals surface area contributed by atoms with Crippen molar-refractivity contribution in [1.82, 2.24) is 9.97 Å². The first-order valence-electron chi connectivity index (χ1n) is 6.04. The SMILES string of the molecule is COc1cncc(N(CCCCl)C2CCC2)n1. The van der Waals surface area contributed by atoms with Gasteiger partial charge in [0, 0.05) is 18.5 Å². The van der Waals surface area contributed by atoms with Crippen molar-refractivity contribution in [1.29, 1.82) is 0 Å². The summed E-state index contributed by atoms with van der Waals surface area (Å²) in [4.78, 5) is 10.9. The van der Waals surface area contributed by atoms with Crippen LogP contribution in [-0.4, -0.2) is 35.5 Å². The van der Waals surface area contributed by atoms with Gasteiger partial charge in [0.05, 0.1) is 19.5 Å². The Morgan fingerprint density at radius 1 is 1.47 bits per heavy atom. The van der Waals surface area contributed by atoms with Gasteiger partial charge in [-0.1, -0.05) is 0 Å². The van der Waals surface area contributed by atoms with Crippen molar-refractivity contribution >= 4 is 17.4 Å². The topological polar surface area (TPSA) is 38.2 Å². The molecule has 1 aliphatic carbocycles. The molecule has 0 atom stereocenters. The van der Waals surface area contributed by atoms with Crippen molar-refractivity contribution in [2.24, 2.45) is 0 Å². The van der Waals surface area contributed by atoms with Gasteiger partial charge >= 0.3 is 0 Å². The zero-order valence-electron chi connectivity index (χ0n) is 10.1. The Labute approximate surface area is 107 Å². The lowest BCUT2D eigenvalue weighted by atomic mass is 9.91. The summed E-state index contributed by atoms with van der Waals surface area (Å²) in [6.45, 7) is 0.940. The van der Waals surface area contributed by atoms with Gasteiger partial charge in [0.25, 0.3) is 0 Å². The highest BCUT2D eigenvalue weighted by atomic mass is 35.5. The molecule has 1 aliphatic rings. The van der Waals surface area contributed by atoms with Crippen LogP contribution in [0.2, 0.25) is 0 Å². The molecule has 94 valence electrons. The van der Waals surface area contributed by atoms with Gasteiger partial charge < -0.3 is 9.64 Å². The van der Waals surface area contributed by atoms with Gasteiger partial charge in [-0.15, -0.1) is 11.6 Å². The number of hydrogen-bond acceptors (Lipinski definition) is 4. The highest BCUT2D eigenvalue weighted by Gasteiger charge is 2.25. The minimum atomic E-state index is 0.567. The Morgan fingerprint density at radius 2 is 2.29 bits per heavy atom. The molecule has 1 aromatic rings. The molecule has 0 spiro atoms. The molecule has 0 N–H and O–H groups in total. The molecule has 1 aromatic heterocycles. The fraction of sp³-hybridized carbons (Fsp3) is 0.667. The number of ether oxygens (including phenoxy) is 1. The third-order valence-electron chi connectivity index (χ3n) is 3.15. The van der Waals surface area contributed by atoms with E-state index in [0.29, 0.717) is 17.8 Å². The first kappa shape index (κ1) is 12.4. The Morgan fingerprint density at radius 3 is 2.88 bits per heavy atom. The van der Waals surface area contributed by atoms with Crippen LogP contribution in [0.15, 0.2) is 12.4 Å². The quantitative estimate of drug-likeness (QED) is 0.732. The van der Waals surface area contributed by atoms with Gasteiger partial charge in [0.15, 0.2) is 5.82 Å². The van der Waals surface area contributed by atoms with E-state index in [-0.39, 0.29) is 0 Å². The number of alkyl halides is 1. The lowest BCUT2D eigenvalue weighted by molar-refractivity contribution is 0.375. The molecule has 0 bridgehead atoms. The summed E-state index contributed by atoms with van der Waals surface area (Å²) < 4.78 is 5.11. The number of hydrogen-bond donors (Lipinski definition) is 0. The lowest BCUT2D eigenvalue weighted by Gasteiger charge is -2.38. The molecule has 0 radical (unpaired) electrons. The van der Waals surface area contributed by atoms with Gasteiger partial charge in [0.1, 0.15) is 0 Å². The lowest BCUT2D eigenvalue weighted by Crippen LogP contribution is -2.41. The minimum absolute atomic E-state index is 0.567. The molecule has 1 saturated carbocycles. The fourth-order valence-electron chi connectivity index (χ4n) is 1.99. The predicted octanol–water partition coefficient (Wildman–Crippen LogP) is 2.47. The monoisotopic (exact) mass is 255 g/mol. The molecular formula is C12H18ClN3O. The summed E-state index contributed by atoms with van der Waals surface area (Å²) in [6, 6.07) is 0.597. The third kappa shape index (κ3) is 3.00. The van der Waals surface area contributed by atoms with Crippen LogP contribution >= 0.6 is 11.6 Å². The van der Waals surface area contributed by atoms with Gasteiger partial charge in [-0.25, -0.2) is 0 Å². The molecule has 1 fully saturated rings. The number of anilines is 1. The second kappa shape index (κ2) is 6.05. The summed E-state index contributed by atoms with van der Waals surface area (Å²) in [6.07, 6.45) is 8.18. The van der Waals surface area contributed by atoms with Gasteiger partial charge in [0.2, 0.25) is 5.88 Å². The largest absolute Gasteiger partial charge is 0.480 e. The Kier molecular flexibility index (Phi) is 4.42. The van der Waals surface area contributed by atoms with Crippen molar-refractivity contribution in [3.63, 3.8) is 0 Å². The molecule has 17 heavy (non-hydrogen) atoms. The highest BCUT2D eigenvalue weighted by molar-refractivity contribution is 6.17. The number of halogens is 1. The number of rotatable bonds is 6. The fourth-order valence-corrected chi connectivity index (χ4v) is 2.11. The second-order valence-corrected chi connectivity index (χ2v) is 4.62. The maximum absolute atomic E-state index is 5.77. The van der Waals surface area contributed by atoms with Crippen LogP contribution < -0.4 is 9.64 Å². The summed E-state index contributed by atoms with van der Waals surface area (Å²) >= 11 is 5.77. The molecule has 2 rings (SSSR count). The van der Waals surface area contributed by atoms with E-state index < -0.39 is 0 Å². The zero-order chi connectivity index (χ0) is 12.1. The first-order chi connectivity index (χ1) is 8.35. The van der Waals surface area contributed by atoms with E-state index in [0.717, 1.165) is 18.8 Å². The van der Waals surface area contributed by atoms with E-state index in [1.165, 1.54) is 19.3 Å². The summed E-state index contributed by atoms with van der Waals surface area (Å²) in [5, 5.41) is 0. The first-order valence-corrected chi connectivity index (χ1v) is 6.57. The standard InChI is InChI=1S/C12H18ClN3O/c1-17-12-9-14-8-11(15-12)16(7-3-6-13)10-4-2-5-10/h8-10H,2-7H2,1H3. The van der Waals surface area contributed by atoms with Crippen LogP contribution in [0.1, 0.15) is 25.7 Å². The van der Waals surface area contributed by atoms with E-state index in [1.54, 1.807) is 19.5 Å². The van der Waals surface area contributed by atoms with Crippen LogP contribution in [0.4, 0.5) is 5.82 Å². The summed E-state index contributed by atoms with van der Waals surface area (Å²) in [5.74, 6) is 2.15. The molecule has 0 unspecified atom stereocenters. The highest BCUT2D eigenvalue weighted by Crippen LogP contribution is 2.29. The van der Waals surface area contributed by atoms with Crippen molar-refractivity contribution < 1.29 is 4.74 Å². The third-order valence-corrected chi connectivity index (χ3v) is 3.42. The second-order valence-electron chi connectivity index (χ2n) is 4.24. The van der Waals surface area contributed by atoms with E-state index in [2.05, 4.69) is 14.9 Å². The minimum Gasteiger partial charge on any atom is -0.480 e. The summed E-state index contributed by atoms with van der Waals surface area (Å²) in [7, 11) is 1.61. The Hall–Kier alpha value is -1.03. The molecule has 0 aromatic carbocycles. The van der Waals surface area contributed by atoms with E-state index in [4.69, 9.17) is 16.3 Å². The predicted molar refractivity (Wildman–Crippen MR) is 68.9 cm³/mol.